The molecule has 8 heteroatoms. The summed E-state index contributed by atoms with van der Waals surface area (Å²) < 4.78 is 18.7. The Hall–Kier alpha value is 0.320. The van der Waals surface area contributed by atoms with Crippen LogP contribution in [0.4, 0.5) is 0 Å². The number of esters is 1. The average Bonchev–Trinajstić information content (AvgIpc) is 1.81. The van der Waals surface area contributed by atoms with Gasteiger partial charge in [-0.05, 0) is 13.8 Å². The third-order valence-electron chi connectivity index (χ3n) is 0.907. The Balaban J connectivity index is 0. The summed E-state index contributed by atoms with van der Waals surface area (Å²) in [5.41, 5.74) is 0.126. The molecule has 0 aromatic rings. The van der Waals surface area contributed by atoms with Crippen molar-refractivity contribution < 1.29 is 28.4 Å². The molecule has 0 aliphatic rings. The molecule has 0 saturated heterocycles. The Morgan fingerprint density at radius 1 is 1.50 bits per heavy atom. The van der Waals surface area contributed by atoms with Crippen molar-refractivity contribution in [3.63, 3.8) is 0 Å². The Labute approximate surface area is 104 Å². The maximum atomic E-state index is 10.8. The van der Waals surface area contributed by atoms with Crippen LogP contribution in [0, 0.1) is 0 Å². The van der Waals surface area contributed by atoms with E-state index in [1.807, 2.05) is 0 Å². The van der Waals surface area contributed by atoms with Gasteiger partial charge < -0.3 is 14.5 Å². The van der Waals surface area contributed by atoms with Gasteiger partial charge in [-0.15, -0.1) is 0 Å². The quantitative estimate of drug-likeness (QED) is 0.232. The summed E-state index contributed by atoms with van der Waals surface area (Å²) in [4.78, 5) is 27.4. The molecule has 0 saturated carbocycles. The summed E-state index contributed by atoms with van der Waals surface area (Å²) in [5.74, 6) is -0.763. The number of phosphoric acid groups is 1. The topological polar surface area (TPSA) is 93.1 Å². The third kappa shape index (κ3) is 8.90. The Morgan fingerprint density at radius 3 is 2.21 bits per heavy atom. The van der Waals surface area contributed by atoms with Crippen LogP contribution in [0.3, 0.4) is 0 Å². The van der Waals surface area contributed by atoms with E-state index in [1.165, 1.54) is 13.8 Å². The van der Waals surface area contributed by atoms with E-state index in [0.29, 0.717) is 0 Å². The van der Waals surface area contributed by atoms with Crippen LogP contribution in [0.2, 0.25) is 0 Å². The van der Waals surface area contributed by atoms with Crippen molar-refractivity contribution >= 4 is 43.3 Å². The normalized spacial score (nSPS) is 12.6. The van der Waals surface area contributed by atoms with Gasteiger partial charge in [-0.3, -0.25) is 0 Å². The van der Waals surface area contributed by atoms with E-state index in [-0.39, 0.29) is 35.1 Å². The van der Waals surface area contributed by atoms with Crippen LogP contribution in [0.5, 0.6) is 0 Å². The molecule has 14 heavy (non-hydrogen) atoms. The second-order valence-corrected chi connectivity index (χ2v) is 3.54. The van der Waals surface area contributed by atoms with Gasteiger partial charge in [0.05, 0.1) is 0 Å². The number of ether oxygens (including phenoxy) is 1. The zero-order valence-electron chi connectivity index (χ0n) is 7.26. The fourth-order valence-electron chi connectivity index (χ4n) is 0.466. The molecule has 0 fully saturated rings. The molecule has 1 atom stereocenters. The minimum absolute atomic E-state index is 0. The average molecular weight is 234 g/mol. The number of rotatable bonds is 4. The number of hydrogen-bond acceptors (Lipinski definition) is 4. The van der Waals surface area contributed by atoms with Crippen molar-refractivity contribution in [2.45, 2.75) is 20.1 Å². The molecule has 2 N–H and O–H groups in total. The molecule has 6 nitrogen and oxygen atoms in total. The van der Waals surface area contributed by atoms with Crippen LogP contribution in [-0.2, 0) is 18.6 Å². The first-order valence-corrected chi connectivity index (χ1v) is 4.86. The number of carbonyl (C=O) groups is 1. The zero-order chi connectivity index (χ0) is 10.6. The van der Waals surface area contributed by atoms with E-state index in [2.05, 4.69) is 15.8 Å². The molecule has 0 bridgehead atoms. The Bertz CT molecular complexity index is 259. The summed E-state index contributed by atoms with van der Waals surface area (Å²) in [6.45, 7) is 5.88. The summed E-state index contributed by atoms with van der Waals surface area (Å²) in [7, 11) is -4.62. The molecule has 78 valence electrons. The van der Waals surface area contributed by atoms with Crippen molar-refractivity contribution in [1.82, 2.24) is 0 Å². The molecule has 0 aromatic carbocycles. The van der Waals surface area contributed by atoms with Gasteiger partial charge in [0.15, 0.2) is 0 Å². The van der Waals surface area contributed by atoms with E-state index in [4.69, 9.17) is 9.79 Å². The first-order chi connectivity index (χ1) is 5.72. The van der Waals surface area contributed by atoms with Gasteiger partial charge in [0.25, 0.3) is 0 Å². The van der Waals surface area contributed by atoms with Gasteiger partial charge in [-0.25, -0.2) is 13.9 Å². The van der Waals surface area contributed by atoms with E-state index >= 15 is 0 Å². The van der Waals surface area contributed by atoms with Crippen LogP contribution in [0.15, 0.2) is 12.2 Å². The van der Waals surface area contributed by atoms with Gasteiger partial charge in [-0.1, -0.05) is 6.58 Å². The van der Waals surface area contributed by atoms with Crippen LogP contribution < -0.4 is 0 Å². The van der Waals surface area contributed by atoms with E-state index < -0.39 is 20.1 Å². The maximum absolute atomic E-state index is 10.8. The van der Waals surface area contributed by atoms with Crippen LogP contribution in [-0.4, -0.2) is 51.6 Å². The second kappa shape index (κ2) is 6.74. The number of phosphoric ester groups is 1. The molecule has 1 unspecified atom stereocenters. The van der Waals surface area contributed by atoms with Crippen molar-refractivity contribution in [2.75, 3.05) is 0 Å². The van der Waals surface area contributed by atoms with Crippen molar-refractivity contribution in [3.05, 3.63) is 12.2 Å². The number of hydrogen-bond donors (Lipinski definition) is 2. The monoisotopic (exact) mass is 234 g/mol. The van der Waals surface area contributed by atoms with Crippen LogP contribution in [0.25, 0.3) is 0 Å². The van der Waals surface area contributed by atoms with Crippen molar-refractivity contribution in [1.29, 1.82) is 0 Å². The SMILES string of the molecule is C=C(C)C(=O)OC(C)OP(=O)(O)O.[NaH]. The first kappa shape index (κ1) is 16.7. The molecule has 0 aromatic heterocycles. The molecular formula is C6H12NaO6P. The molecule has 0 spiro atoms. The molecular weight excluding hydrogens is 222 g/mol. The Morgan fingerprint density at radius 2 is 1.93 bits per heavy atom. The fourth-order valence-corrected chi connectivity index (χ4v) is 0.896. The minimum atomic E-state index is -4.62. The van der Waals surface area contributed by atoms with Gasteiger partial charge in [0.2, 0.25) is 6.29 Å². The first-order valence-electron chi connectivity index (χ1n) is 3.33. The van der Waals surface area contributed by atoms with Crippen molar-refractivity contribution in [2.24, 2.45) is 0 Å². The summed E-state index contributed by atoms with van der Waals surface area (Å²) in [6.07, 6.45) is -1.30. The summed E-state index contributed by atoms with van der Waals surface area (Å²) in [6, 6.07) is 0. The molecule has 0 heterocycles. The van der Waals surface area contributed by atoms with Crippen molar-refractivity contribution in [3.8, 4) is 0 Å². The van der Waals surface area contributed by atoms with E-state index in [9.17, 15) is 9.36 Å². The van der Waals surface area contributed by atoms with Crippen LogP contribution in [0.1, 0.15) is 13.8 Å². The van der Waals surface area contributed by atoms with E-state index in [0.717, 1.165) is 0 Å². The molecule has 0 amide bonds. The zero-order valence-corrected chi connectivity index (χ0v) is 8.15. The standard InChI is InChI=1S/C6H11O6P.Na.H/c1-4(2)6(7)11-5(3)12-13(8,9)10;;/h5H,1H2,2-3H3,(H2,8,9,10);;. The number of carbonyl (C=O) groups excluding carboxylic acids is 1. The fraction of sp³-hybridized carbons (Fsp3) is 0.500. The molecule has 0 rings (SSSR count). The second-order valence-electron chi connectivity index (χ2n) is 2.35. The summed E-state index contributed by atoms with van der Waals surface area (Å²) in [5, 5.41) is 0. The van der Waals surface area contributed by atoms with Gasteiger partial charge >= 0.3 is 43.3 Å². The Kier molecular flexibility index (Phi) is 8.06. The van der Waals surface area contributed by atoms with Gasteiger partial charge in [0.1, 0.15) is 0 Å². The third-order valence-corrected chi connectivity index (χ3v) is 1.48. The predicted molar refractivity (Wildman–Crippen MR) is 50.6 cm³/mol. The molecule has 0 radical (unpaired) electrons. The van der Waals surface area contributed by atoms with Gasteiger partial charge in [-0.2, -0.15) is 0 Å². The van der Waals surface area contributed by atoms with E-state index in [1.54, 1.807) is 0 Å². The van der Waals surface area contributed by atoms with Crippen LogP contribution >= 0.6 is 7.82 Å². The summed E-state index contributed by atoms with van der Waals surface area (Å²) >= 11 is 0. The molecule has 0 aliphatic heterocycles. The van der Waals surface area contributed by atoms with Gasteiger partial charge in [0, 0.05) is 5.57 Å². The predicted octanol–water partition coefficient (Wildman–Crippen LogP) is -0.0875. The molecule has 0 aliphatic carbocycles.